The molecule has 3 heteroatoms. The summed E-state index contributed by atoms with van der Waals surface area (Å²) in [5, 5.41) is 0. The van der Waals surface area contributed by atoms with E-state index >= 15 is 0 Å². The minimum atomic E-state index is 0. The molecule has 0 aliphatic carbocycles. The summed E-state index contributed by atoms with van der Waals surface area (Å²) in [4.78, 5) is 2.00. The van der Waals surface area contributed by atoms with Crippen LogP contribution in [0.4, 0.5) is 0 Å². The Hall–Kier alpha value is 0.650. The lowest BCUT2D eigenvalue weighted by Crippen LogP contribution is -1.99. The highest BCUT2D eigenvalue weighted by Crippen LogP contribution is 2.09. The van der Waals surface area contributed by atoms with Gasteiger partial charge in [-0.15, -0.1) is 24.0 Å². The van der Waals surface area contributed by atoms with E-state index in [9.17, 15) is 0 Å². The van der Waals surface area contributed by atoms with Crippen LogP contribution in [0, 0.1) is 0 Å². The van der Waals surface area contributed by atoms with Crippen molar-refractivity contribution in [2.75, 3.05) is 27.7 Å². The maximum Gasteiger partial charge on any atom is -0.00773 e. The van der Waals surface area contributed by atoms with Crippen molar-refractivity contribution in [1.29, 1.82) is 0 Å². The highest BCUT2D eigenvalue weighted by atomic mass is 127. The average Bonchev–Trinajstić information content (AvgIpc) is 2.26. The predicted octanol–water partition coefficient (Wildman–Crippen LogP) is 4.66. The summed E-state index contributed by atoms with van der Waals surface area (Å²) >= 11 is 0. The summed E-state index contributed by atoms with van der Waals surface area (Å²) in [7, 11) is 6.00. The lowest BCUT2D eigenvalue weighted by Gasteiger charge is -2.00. The van der Waals surface area contributed by atoms with E-state index in [2.05, 4.69) is 6.92 Å². The summed E-state index contributed by atoms with van der Waals surface area (Å²) in [6.07, 6.45) is 13.9. The lowest BCUT2D eigenvalue weighted by atomic mass is 10.1. The van der Waals surface area contributed by atoms with E-state index < -0.39 is 0 Å². The van der Waals surface area contributed by atoms with Gasteiger partial charge in [0.2, 0.25) is 0 Å². The summed E-state index contributed by atoms with van der Waals surface area (Å²) < 4.78 is 0. The smallest absolute Gasteiger partial charge is 0.00773 e. The maximum absolute atomic E-state index is 5.42. The first-order chi connectivity index (χ1) is 8.15. The van der Waals surface area contributed by atoms with Crippen molar-refractivity contribution in [3.8, 4) is 0 Å². The minimum absolute atomic E-state index is 0. The van der Waals surface area contributed by atoms with Crippen molar-refractivity contribution < 1.29 is 0 Å². The molecule has 0 atom stereocenters. The molecule has 0 aliphatic heterocycles. The van der Waals surface area contributed by atoms with Gasteiger partial charge in [0.05, 0.1) is 0 Å². The van der Waals surface area contributed by atoms with Crippen molar-refractivity contribution in [3.63, 3.8) is 0 Å². The summed E-state index contributed by atoms with van der Waals surface area (Å²) in [5.41, 5.74) is 5.42. The standard InChI is InChI=1S/C12H27N.C3H9N.HI/c1-2-3-4-5-6-7-8-9-10-11-12-13;1-4(2)3;/h2-13H2,1H3;1-3H3;1H. The van der Waals surface area contributed by atoms with Gasteiger partial charge in [0.1, 0.15) is 0 Å². The van der Waals surface area contributed by atoms with Gasteiger partial charge in [-0.2, -0.15) is 0 Å². The van der Waals surface area contributed by atoms with Crippen molar-refractivity contribution in [1.82, 2.24) is 4.90 Å². The van der Waals surface area contributed by atoms with E-state index in [0.29, 0.717) is 0 Å². The van der Waals surface area contributed by atoms with Gasteiger partial charge in [0.25, 0.3) is 0 Å². The van der Waals surface area contributed by atoms with Gasteiger partial charge in [0.15, 0.2) is 0 Å². The lowest BCUT2D eigenvalue weighted by molar-refractivity contribution is 0.505. The second-order valence-electron chi connectivity index (χ2n) is 5.31. The fourth-order valence-corrected chi connectivity index (χ4v) is 1.63. The van der Waals surface area contributed by atoms with Crippen LogP contribution in [0.1, 0.15) is 71.1 Å². The van der Waals surface area contributed by atoms with Gasteiger partial charge < -0.3 is 10.6 Å². The number of unbranched alkanes of at least 4 members (excludes halogenated alkanes) is 9. The second kappa shape index (κ2) is 22.8. The van der Waals surface area contributed by atoms with Gasteiger partial charge in [-0.05, 0) is 34.1 Å². The van der Waals surface area contributed by atoms with Gasteiger partial charge in [-0.3, -0.25) is 0 Å². The van der Waals surface area contributed by atoms with E-state index in [1.807, 2.05) is 26.0 Å². The summed E-state index contributed by atoms with van der Waals surface area (Å²) in [5.74, 6) is 0. The van der Waals surface area contributed by atoms with E-state index in [1.54, 1.807) is 0 Å². The van der Waals surface area contributed by atoms with E-state index in [1.165, 1.54) is 64.2 Å². The molecule has 0 aromatic heterocycles. The van der Waals surface area contributed by atoms with Crippen LogP contribution < -0.4 is 5.73 Å². The summed E-state index contributed by atoms with van der Waals surface area (Å²) in [6, 6.07) is 0. The van der Waals surface area contributed by atoms with Crippen LogP contribution in [-0.2, 0) is 0 Å². The van der Waals surface area contributed by atoms with Crippen LogP contribution in [0.15, 0.2) is 0 Å². The molecule has 0 fully saturated rings. The van der Waals surface area contributed by atoms with E-state index in [0.717, 1.165) is 6.54 Å². The molecule has 0 amide bonds. The molecule has 0 spiro atoms. The third-order valence-corrected chi connectivity index (χ3v) is 2.56. The second-order valence-corrected chi connectivity index (χ2v) is 5.31. The Labute approximate surface area is 133 Å². The highest BCUT2D eigenvalue weighted by molar-refractivity contribution is 14.0. The quantitative estimate of drug-likeness (QED) is 0.446. The van der Waals surface area contributed by atoms with E-state index in [-0.39, 0.29) is 24.0 Å². The summed E-state index contributed by atoms with van der Waals surface area (Å²) in [6.45, 7) is 3.14. The minimum Gasteiger partial charge on any atom is -0.330 e. The molecular weight excluding hydrogens is 335 g/mol. The van der Waals surface area contributed by atoms with Crippen LogP contribution in [0.5, 0.6) is 0 Å². The first-order valence-corrected chi connectivity index (χ1v) is 7.46. The maximum atomic E-state index is 5.42. The molecule has 0 radical (unpaired) electrons. The Kier molecular flexibility index (Phi) is 30.0. The van der Waals surface area contributed by atoms with E-state index in [4.69, 9.17) is 5.73 Å². The fraction of sp³-hybridized carbons (Fsp3) is 1.00. The first kappa shape index (κ1) is 23.7. The molecular formula is C15H37IN2. The van der Waals surface area contributed by atoms with Crippen molar-refractivity contribution >= 4 is 24.0 Å². The first-order valence-electron chi connectivity index (χ1n) is 7.46. The fourth-order valence-electron chi connectivity index (χ4n) is 1.63. The third kappa shape index (κ3) is 36.0. The van der Waals surface area contributed by atoms with Crippen molar-refractivity contribution in [2.45, 2.75) is 71.1 Å². The number of nitrogens with zero attached hydrogens (tertiary/aromatic N) is 1. The Balaban J connectivity index is -0.000000392. The molecule has 0 unspecified atom stereocenters. The molecule has 0 bridgehead atoms. The van der Waals surface area contributed by atoms with Gasteiger partial charge >= 0.3 is 0 Å². The Morgan fingerprint density at radius 2 is 0.944 bits per heavy atom. The molecule has 0 rings (SSSR count). The zero-order chi connectivity index (χ0) is 13.4. The Morgan fingerprint density at radius 3 is 1.22 bits per heavy atom. The molecule has 0 aliphatic rings. The van der Waals surface area contributed by atoms with Gasteiger partial charge in [-0.25, -0.2) is 0 Å². The molecule has 0 heterocycles. The van der Waals surface area contributed by atoms with Crippen molar-refractivity contribution in [3.05, 3.63) is 0 Å². The molecule has 18 heavy (non-hydrogen) atoms. The Morgan fingerprint density at radius 1 is 0.667 bits per heavy atom. The normalized spacial score (nSPS) is 9.67. The Bertz CT molecular complexity index is 106. The third-order valence-electron chi connectivity index (χ3n) is 2.56. The molecule has 0 saturated heterocycles. The molecule has 2 nitrogen and oxygen atoms in total. The predicted molar refractivity (Wildman–Crippen MR) is 95.9 cm³/mol. The van der Waals surface area contributed by atoms with Crippen LogP contribution in [-0.4, -0.2) is 32.6 Å². The molecule has 2 N–H and O–H groups in total. The van der Waals surface area contributed by atoms with Gasteiger partial charge in [-0.1, -0.05) is 64.7 Å². The topological polar surface area (TPSA) is 29.3 Å². The number of rotatable bonds is 10. The number of nitrogens with two attached hydrogens (primary N) is 1. The van der Waals surface area contributed by atoms with Crippen LogP contribution >= 0.6 is 24.0 Å². The average molecular weight is 372 g/mol. The molecule has 0 aromatic rings. The zero-order valence-electron chi connectivity index (χ0n) is 13.2. The van der Waals surface area contributed by atoms with Crippen LogP contribution in [0.25, 0.3) is 0 Å². The van der Waals surface area contributed by atoms with Crippen LogP contribution in [0.2, 0.25) is 0 Å². The SMILES string of the molecule is CCCCCCCCCCCCN.CN(C)C.I. The van der Waals surface area contributed by atoms with Crippen molar-refractivity contribution in [2.24, 2.45) is 5.73 Å². The zero-order valence-corrected chi connectivity index (χ0v) is 15.5. The number of hydrogen-bond acceptors (Lipinski definition) is 2. The van der Waals surface area contributed by atoms with Gasteiger partial charge in [0, 0.05) is 0 Å². The molecule has 0 saturated carbocycles. The molecule has 0 aromatic carbocycles. The molecule has 114 valence electrons. The highest BCUT2D eigenvalue weighted by Gasteiger charge is 1.91. The monoisotopic (exact) mass is 372 g/mol. The van der Waals surface area contributed by atoms with Crippen LogP contribution in [0.3, 0.4) is 0 Å². The largest absolute Gasteiger partial charge is 0.330 e. The number of hydrogen-bond donors (Lipinski definition) is 1. The number of halogens is 1.